The first-order chi connectivity index (χ1) is 14.5. The Morgan fingerprint density at radius 2 is 1.77 bits per heavy atom. The molecular formula is C23H25FN4OS. The molecule has 0 spiro atoms. The van der Waals surface area contributed by atoms with Crippen LogP contribution >= 0.6 is 11.8 Å². The number of hydrogen-bond donors (Lipinski definition) is 0. The SMILES string of the molecule is Cc1cccc(-n2ccnc2SCC(=O)N2CCN(c3ccccc3F)CC2)c1C. The third-order valence-corrected chi connectivity index (χ3v) is 6.54. The normalized spacial score (nSPS) is 14.2. The molecule has 2 aromatic carbocycles. The lowest BCUT2D eigenvalue weighted by Gasteiger charge is -2.36. The second-order valence-electron chi connectivity index (χ2n) is 7.41. The summed E-state index contributed by atoms with van der Waals surface area (Å²) in [5.74, 6) is 0.205. The molecule has 1 aliphatic rings. The van der Waals surface area contributed by atoms with E-state index >= 15 is 0 Å². The maximum atomic E-state index is 14.0. The Morgan fingerprint density at radius 1 is 1.03 bits per heavy atom. The highest BCUT2D eigenvalue weighted by Crippen LogP contribution is 2.25. The van der Waals surface area contributed by atoms with E-state index in [1.165, 1.54) is 29.0 Å². The van der Waals surface area contributed by atoms with Crippen molar-refractivity contribution < 1.29 is 9.18 Å². The molecular weight excluding hydrogens is 399 g/mol. The molecule has 0 aliphatic carbocycles. The minimum atomic E-state index is -0.217. The summed E-state index contributed by atoms with van der Waals surface area (Å²) in [6, 6.07) is 13.0. The lowest BCUT2D eigenvalue weighted by molar-refractivity contribution is -0.128. The Kier molecular flexibility index (Phi) is 6.08. The Hall–Kier alpha value is -2.80. The molecule has 1 saturated heterocycles. The molecule has 3 aromatic rings. The highest BCUT2D eigenvalue weighted by Gasteiger charge is 2.23. The van der Waals surface area contributed by atoms with Gasteiger partial charge in [0.1, 0.15) is 5.82 Å². The molecule has 1 fully saturated rings. The number of aromatic nitrogens is 2. The third kappa shape index (κ3) is 4.21. The molecule has 0 N–H and O–H groups in total. The fourth-order valence-electron chi connectivity index (χ4n) is 3.70. The number of nitrogens with zero attached hydrogens (tertiary/aromatic N) is 4. The van der Waals surface area contributed by atoms with Crippen molar-refractivity contribution in [2.45, 2.75) is 19.0 Å². The van der Waals surface area contributed by atoms with E-state index in [0.29, 0.717) is 37.6 Å². The zero-order valence-corrected chi connectivity index (χ0v) is 18.0. The molecule has 1 aliphatic heterocycles. The zero-order chi connectivity index (χ0) is 21.1. The molecule has 0 saturated carbocycles. The number of imidazole rings is 1. The third-order valence-electron chi connectivity index (χ3n) is 5.59. The van der Waals surface area contributed by atoms with E-state index in [9.17, 15) is 9.18 Å². The molecule has 7 heteroatoms. The van der Waals surface area contributed by atoms with Crippen molar-refractivity contribution in [3.8, 4) is 5.69 Å². The zero-order valence-electron chi connectivity index (χ0n) is 17.2. The van der Waals surface area contributed by atoms with E-state index in [-0.39, 0.29) is 11.7 Å². The van der Waals surface area contributed by atoms with Gasteiger partial charge in [0, 0.05) is 38.6 Å². The van der Waals surface area contributed by atoms with Crippen LogP contribution in [0.25, 0.3) is 5.69 Å². The van der Waals surface area contributed by atoms with Gasteiger partial charge in [-0.25, -0.2) is 9.37 Å². The average Bonchev–Trinajstić information content (AvgIpc) is 3.23. The molecule has 0 unspecified atom stereocenters. The van der Waals surface area contributed by atoms with E-state index in [1.54, 1.807) is 18.3 Å². The van der Waals surface area contributed by atoms with Crippen LogP contribution in [0.15, 0.2) is 60.0 Å². The minimum absolute atomic E-state index is 0.0868. The van der Waals surface area contributed by atoms with Crippen LogP contribution in [-0.2, 0) is 4.79 Å². The number of benzene rings is 2. The fraction of sp³-hybridized carbons (Fsp3) is 0.304. The van der Waals surface area contributed by atoms with Crippen molar-refractivity contribution in [2.75, 3.05) is 36.8 Å². The van der Waals surface area contributed by atoms with Crippen LogP contribution in [0.4, 0.5) is 10.1 Å². The quantitative estimate of drug-likeness (QED) is 0.579. The van der Waals surface area contributed by atoms with Gasteiger partial charge in [-0.3, -0.25) is 9.36 Å². The number of thioether (sulfide) groups is 1. The number of para-hydroxylation sites is 1. The number of piperazine rings is 1. The number of aryl methyl sites for hydroxylation is 1. The van der Waals surface area contributed by atoms with Crippen LogP contribution in [0.5, 0.6) is 0 Å². The van der Waals surface area contributed by atoms with Crippen molar-refractivity contribution in [1.82, 2.24) is 14.5 Å². The van der Waals surface area contributed by atoms with Gasteiger partial charge in [0.15, 0.2) is 5.16 Å². The van der Waals surface area contributed by atoms with Crippen LogP contribution in [0.1, 0.15) is 11.1 Å². The number of rotatable bonds is 5. The van der Waals surface area contributed by atoms with E-state index < -0.39 is 0 Å². The summed E-state index contributed by atoms with van der Waals surface area (Å²) in [6.07, 6.45) is 3.70. The van der Waals surface area contributed by atoms with Crippen molar-refractivity contribution in [3.63, 3.8) is 0 Å². The first kappa shape index (κ1) is 20.5. The molecule has 5 nitrogen and oxygen atoms in total. The van der Waals surface area contributed by atoms with Crippen LogP contribution in [0, 0.1) is 19.7 Å². The van der Waals surface area contributed by atoms with Crippen molar-refractivity contribution in [2.24, 2.45) is 0 Å². The van der Waals surface area contributed by atoms with Gasteiger partial charge in [-0.1, -0.05) is 36.0 Å². The van der Waals surface area contributed by atoms with Gasteiger partial charge >= 0.3 is 0 Å². The summed E-state index contributed by atoms with van der Waals surface area (Å²) < 4.78 is 16.0. The largest absolute Gasteiger partial charge is 0.366 e. The summed E-state index contributed by atoms with van der Waals surface area (Å²) in [4.78, 5) is 21.1. The van der Waals surface area contributed by atoms with E-state index in [2.05, 4.69) is 31.0 Å². The lowest BCUT2D eigenvalue weighted by atomic mass is 10.1. The monoisotopic (exact) mass is 424 g/mol. The van der Waals surface area contributed by atoms with Gasteiger partial charge in [-0.15, -0.1) is 0 Å². The Labute approximate surface area is 180 Å². The number of anilines is 1. The minimum Gasteiger partial charge on any atom is -0.366 e. The lowest BCUT2D eigenvalue weighted by Crippen LogP contribution is -2.49. The van der Waals surface area contributed by atoms with Crippen molar-refractivity contribution in [1.29, 1.82) is 0 Å². The van der Waals surface area contributed by atoms with E-state index in [0.717, 1.165) is 10.8 Å². The predicted molar refractivity (Wildman–Crippen MR) is 119 cm³/mol. The fourth-order valence-corrected chi connectivity index (χ4v) is 4.57. The van der Waals surface area contributed by atoms with E-state index in [1.807, 2.05) is 32.7 Å². The van der Waals surface area contributed by atoms with Crippen LogP contribution in [-0.4, -0.2) is 52.3 Å². The number of hydrogen-bond acceptors (Lipinski definition) is 4. The molecule has 4 rings (SSSR count). The summed E-state index contributed by atoms with van der Waals surface area (Å²) in [5, 5.41) is 0.807. The number of carbonyl (C=O) groups excluding carboxylic acids is 1. The molecule has 0 radical (unpaired) electrons. The second kappa shape index (κ2) is 8.92. The second-order valence-corrected chi connectivity index (χ2v) is 8.35. The van der Waals surface area contributed by atoms with Gasteiger partial charge < -0.3 is 9.80 Å². The smallest absolute Gasteiger partial charge is 0.233 e. The van der Waals surface area contributed by atoms with Crippen LogP contribution in [0.2, 0.25) is 0 Å². The highest BCUT2D eigenvalue weighted by molar-refractivity contribution is 7.99. The Balaban J connectivity index is 1.36. The molecule has 2 heterocycles. The number of amides is 1. The van der Waals surface area contributed by atoms with Gasteiger partial charge in [-0.05, 0) is 43.2 Å². The Morgan fingerprint density at radius 3 is 2.53 bits per heavy atom. The van der Waals surface area contributed by atoms with E-state index in [4.69, 9.17) is 0 Å². The summed E-state index contributed by atoms with van der Waals surface area (Å²) in [6.45, 7) is 6.65. The first-order valence-electron chi connectivity index (χ1n) is 10.0. The molecule has 30 heavy (non-hydrogen) atoms. The Bertz CT molecular complexity index is 1040. The molecule has 0 bridgehead atoms. The molecule has 1 aromatic heterocycles. The van der Waals surface area contributed by atoms with Gasteiger partial charge in [0.2, 0.25) is 5.91 Å². The standard InChI is InChI=1S/C23H25FN4OS/c1-17-6-5-9-20(18(17)2)28-11-10-25-23(28)30-16-22(29)27-14-12-26(13-15-27)21-8-4-3-7-19(21)24/h3-11H,12-16H2,1-2H3. The van der Waals surface area contributed by atoms with Gasteiger partial charge in [0.25, 0.3) is 0 Å². The number of carbonyl (C=O) groups is 1. The topological polar surface area (TPSA) is 41.4 Å². The van der Waals surface area contributed by atoms with Crippen molar-refractivity contribution in [3.05, 3.63) is 71.8 Å². The highest BCUT2D eigenvalue weighted by atomic mass is 32.2. The van der Waals surface area contributed by atoms with Gasteiger partial charge in [-0.2, -0.15) is 0 Å². The summed E-state index contributed by atoms with van der Waals surface area (Å²) >= 11 is 1.45. The summed E-state index contributed by atoms with van der Waals surface area (Å²) in [7, 11) is 0. The average molecular weight is 425 g/mol. The molecule has 0 atom stereocenters. The number of halogens is 1. The molecule has 156 valence electrons. The molecule has 1 amide bonds. The van der Waals surface area contributed by atoms with Gasteiger partial charge in [0.05, 0.1) is 17.1 Å². The van der Waals surface area contributed by atoms with Crippen LogP contribution < -0.4 is 4.90 Å². The summed E-state index contributed by atoms with van der Waals surface area (Å²) in [5.41, 5.74) is 4.12. The predicted octanol–water partition coefficient (Wildman–Crippen LogP) is 4.07. The maximum Gasteiger partial charge on any atom is 0.233 e. The maximum absolute atomic E-state index is 14.0. The first-order valence-corrected chi connectivity index (χ1v) is 11.0. The van der Waals surface area contributed by atoms with Crippen molar-refractivity contribution >= 4 is 23.4 Å². The van der Waals surface area contributed by atoms with Crippen LogP contribution in [0.3, 0.4) is 0 Å².